The second-order valence-corrected chi connectivity index (χ2v) is 4.11. The summed E-state index contributed by atoms with van der Waals surface area (Å²) < 4.78 is 18.1. The number of rotatable bonds is 2. The smallest absolute Gasteiger partial charge is 0.211 e. The Morgan fingerprint density at radius 2 is 2.17 bits per heavy atom. The van der Waals surface area contributed by atoms with Crippen LogP contribution in [0.3, 0.4) is 0 Å². The lowest BCUT2D eigenvalue weighted by Crippen LogP contribution is -2.04. The molecule has 1 aromatic heterocycles. The molecule has 1 aromatic carbocycles. The standard InChI is InChI=1S/C14H10FNO2/c15-11-2-3-12(16-8-11)14(17)10-1-4-13-9(7-10)5-6-18-13/h1-4,7-8H,5-6H2. The van der Waals surface area contributed by atoms with Crippen LogP contribution in [-0.4, -0.2) is 17.4 Å². The highest BCUT2D eigenvalue weighted by Crippen LogP contribution is 2.26. The number of hydrogen-bond donors (Lipinski definition) is 0. The normalized spacial score (nSPS) is 12.9. The van der Waals surface area contributed by atoms with E-state index < -0.39 is 5.82 Å². The van der Waals surface area contributed by atoms with Crippen LogP contribution in [0.2, 0.25) is 0 Å². The van der Waals surface area contributed by atoms with Gasteiger partial charge in [0.1, 0.15) is 17.3 Å². The second kappa shape index (κ2) is 4.22. The van der Waals surface area contributed by atoms with Crippen LogP contribution in [0.4, 0.5) is 4.39 Å². The zero-order valence-corrected chi connectivity index (χ0v) is 9.52. The molecular weight excluding hydrogens is 233 g/mol. The first-order valence-electron chi connectivity index (χ1n) is 5.66. The Morgan fingerprint density at radius 3 is 2.94 bits per heavy atom. The van der Waals surface area contributed by atoms with Gasteiger partial charge in [-0.25, -0.2) is 9.37 Å². The number of nitrogens with zero attached hydrogens (tertiary/aromatic N) is 1. The number of ketones is 1. The SMILES string of the molecule is O=C(c1ccc2c(c1)CCO2)c1ccc(F)cn1. The number of halogens is 1. The molecule has 3 rings (SSSR count). The summed E-state index contributed by atoms with van der Waals surface area (Å²) in [4.78, 5) is 15.9. The Labute approximate surface area is 103 Å². The predicted octanol–water partition coefficient (Wildman–Crippen LogP) is 2.39. The Balaban J connectivity index is 1.95. The van der Waals surface area contributed by atoms with Crippen molar-refractivity contribution in [2.45, 2.75) is 6.42 Å². The van der Waals surface area contributed by atoms with E-state index >= 15 is 0 Å². The first-order valence-corrected chi connectivity index (χ1v) is 5.66. The number of fused-ring (bicyclic) bond motifs is 1. The summed E-state index contributed by atoms with van der Waals surface area (Å²) in [5.74, 6) is 0.178. The summed E-state index contributed by atoms with van der Waals surface area (Å²) in [5.41, 5.74) is 1.83. The van der Waals surface area contributed by atoms with Gasteiger partial charge < -0.3 is 4.74 Å². The van der Waals surface area contributed by atoms with Crippen LogP contribution < -0.4 is 4.74 Å². The molecule has 0 aliphatic carbocycles. The van der Waals surface area contributed by atoms with E-state index in [1.165, 1.54) is 12.1 Å². The van der Waals surface area contributed by atoms with Gasteiger partial charge in [0.2, 0.25) is 5.78 Å². The molecule has 0 saturated heterocycles. The van der Waals surface area contributed by atoms with Crippen LogP contribution >= 0.6 is 0 Å². The lowest BCUT2D eigenvalue weighted by atomic mass is 10.0. The maximum atomic E-state index is 12.7. The van der Waals surface area contributed by atoms with Crippen molar-refractivity contribution in [2.24, 2.45) is 0 Å². The summed E-state index contributed by atoms with van der Waals surface area (Å²) in [6.07, 6.45) is 1.86. The quantitative estimate of drug-likeness (QED) is 0.760. The average molecular weight is 243 g/mol. The van der Waals surface area contributed by atoms with E-state index in [0.29, 0.717) is 12.2 Å². The molecule has 3 nitrogen and oxygen atoms in total. The molecule has 90 valence electrons. The number of pyridine rings is 1. The van der Waals surface area contributed by atoms with Gasteiger partial charge >= 0.3 is 0 Å². The van der Waals surface area contributed by atoms with Crippen LogP contribution in [0.15, 0.2) is 36.5 Å². The first-order chi connectivity index (χ1) is 8.74. The van der Waals surface area contributed by atoms with Crippen LogP contribution in [0.5, 0.6) is 5.75 Å². The zero-order valence-electron chi connectivity index (χ0n) is 9.52. The molecular formula is C14H10FNO2. The Morgan fingerprint density at radius 1 is 1.28 bits per heavy atom. The molecule has 4 heteroatoms. The minimum Gasteiger partial charge on any atom is -0.493 e. The van der Waals surface area contributed by atoms with Gasteiger partial charge in [-0.15, -0.1) is 0 Å². The van der Waals surface area contributed by atoms with Crippen LogP contribution in [0.1, 0.15) is 21.6 Å². The van der Waals surface area contributed by atoms with Gasteiger partial charge in [0.15, 0.2) is 0 Å². The van der Waals surface area contributed by atoms with Gasteiger partial charge in [0.05, 0.1) is 12.8 Å². The van der Waals surface area contributed by atoms with Crippen molar-refractivity contribution in [2.75, 3.05) is 6.61 Å². The highest BCUT2D eigenvalue weighted by molar-refractivity contribution is 6.07. The molecule has 0 radical (unpaired) electrons. The molecule has 2 heterocycles. The number of carbonyl (C=O) groups is 1. The van der Waals surface area contributed by atoms with E-state index in [2.05, 4.69) is 4.98 Å². The summed E-state index contributed by atoms with van der Waals surface area (Å²) in [6.45, 7) is 0.655. The fraction of sp³-hybridized carbons (Fsp3) is 0.143. The van der Waals surface area contributed by atoms with E-state index in [4.69, 9.17) is 4.74 Å². The molecule has 0 spiro atoms. The molecule has 18 heavy (non-hydrogen) atoms. The van der Waals surface area contributed by atoms with Crippen molar-refractivity contribution in [1.82, 2.24) is 4.98 Å². The molecule has 0 bridgehead atoms. The first kappa shape index (κ1) is 10.9. The van der Waals surface area contributed by atoms with Gasteiger partial charge in [0, 0.05) is 12.0 Å². The van der Waals surface area contributed by atoms with Crippen molar-refractivity contribution in [3.63, 3.8) is 0 Å². The van der Waals surface area contributed by atoms with Crippen molar-refractivity contribution in [3.8, 4) is 5.75 Å². The lowest BCUT2D eigenvalue weighted by molar-refractivity contribution is 0.103. The molecule has 2 aromatic rings. The fourth-order valence-electron chi connectivity index (χ4n) is 1.99. The van der Waals surface area contributed by atoms with Crippen molar-refractivity contribution >= 4 is 5.78 Å². The van der Waals surface area contributed by atoms with Crippen LogP contribution in [0, 0.1) is 5.82 Å². The number of benzene rings is 1. The summed E-state index contributed by atoms with van der Waals surface area (Å²) in [6, 6.07) is 7.93. The van der Waals surface area contributed by atoms with Gasteiger partial charge in [-0.3, -0.25) is 4.79 Å². The Kier molecular flexibility index (Phi) is 2.55. The summed E-state index contributed by atoms with van der Waals surface area (Å²) in [7, 11) is 0. The Hall–Kier alpha value is -2.23. The highest BCUT2D eigenvalue weighted by Gasteiger charge is 2.16. The summed E-state index contributed by atoms with van der Waals surface area (Å²) >= 11 is 0. The van der Waals surface area contributed by atoms with Gasteiger partial charge in [0.25, 0.3) is 0 Å². The number of aromatic nitrogens is 1. The number of hydrogen-bond acceptors (Lipinski definition) is 3. The van der Waals surface area contributed by atoms with E-state index in [0.717, 1.165) is 23.9 Å². The maximum absolute atomic E-state index is 12.7. The molecule has 0 N–H and O–H groups in total. The Bertz CT molecular complexity index is 608. The molecule has 1 aliphatic rings. The topological polar surface area (TPSA) is 39.2 Å². The van der Waals surface area contributed by atoms with Crippen LogP contribution in [-0.2, 0) is 6.42 Å². The van der Waals surface area contributed by atoms with Crippen molar-refractivity contribution < 1.29 is 13.9 Å². The summed E-state index contributed by atoms with van der Waals surface area (Å²) in [5, 5.41) is 0. The minimum absolute atomic E-state index is 0.204. The molecule has 0 atom stereocenters. The van der Waals surface area contributed by atoms with Crippen LogP contribution in [0.25, 0.3) is 0 Å². The van der Waals surface area contributed by atoms with E-state index in [1.54, 1.807) is 12.1 Å². The highest BCUT2D eigenvalue weighted by atomic mass is 19.1. The third kappa shape index (κ3) is 1.86. The largest absolute Gasteiger partial charge is 0.493 e. The average Bonchev–Trinajstić information content (AvgIpc) is 2.86. The van der Waals surface area contributed by atoms with Crippen molar-refractivity contribution in [1.29, 1.82) is 0 Å². The fourth-order valence-corrected chi connectivity index (χ4v) is 1.99. The van der Waals surface area contributed by atoms with Gasteiger partial charge in [-0.05, 0) is 35.9 Å². The van der Waals surface area contributed by atoms with Gasteiger partial charge in [-0.2, -0.15) is 0 Å². The molecule has 0 amide bonds. The maximum Gasteiger partial charge on any atom is 0.211 e. The number of carbonyl (C=O) groups excluding carboxylic acids is 1. The third-order valence-electron chi connectivity index (χ3n) is 2.91. The van der Waals surface area contributed by atoms with Crippen molar-refractivity contribution in [3.05, 3.63) is 59.2 Å². The monoisotopic (exact) mass is 243 g/mol. The van der Waals surface area contributed by atoms with E-state index in [1.807, 2.05) is 6.07 Å². The third-order valence-corrected chi connectivity index (χ3v) is 2.91. The van der Waals surface area contributed by atoms with E-state index in [-0.39, 0.29) is 11.5 Å². The van der Waals surface area contributed by atoms with E-state index in [9.17, 15) is 9.18 Å². The second-order valence-electron chi connectivity index (χ2n) is 4.11. The molecule has 0 unspecified atom stereocenters. The van der Waals surface area contributed by atoms with Gasteiger partial charge in [-0.1, -0.05) is 0 Å². The zero-order chi connectivity index (χ0) is 12.5. The molecule has 0 saturated carbocycles. The lowest BCUT2D eigenvalue weighted by Gasteiger charge is -2.03. The predicted molar refractivity (Wildman–Crippen MR) is 63.3 cm³/mol. The minimum atomic E-state index is -0.450. The molecule has 0 fully saturated rings. The molecule has 1 aliphatic heterocycles. The number of ether oxygens (including phenoxy) is 1.